The zero-order chi connectivity index (χ0) is 8.27. The topological polar surface area (TPSA) is 38.0 Å². The molecule has 0 bridgehead atoms. The van der Waals surface area contributed by atoms with Crippen molar-refractivity contribution in [2.24, 2.45) is 0 Å². The van der Waals surface area contributed by atoms with Gasteiger partial charge in [0, 0.05) is 12.2 Å². The lowest BCUT2D eigenvalue weighted by molar-refractivity contribution is 0.631. The highest BCUT2D eigenvalue weighted by molar-refractivity contribution is 5.52. The summed E-state index contributed by atoms with van der Waals surface area (Å²) in [5.74, 6) is -0.299. The Morgan fingerprint density at radius 3 is 2.82 bits per heavy atom. The highest BCUT2D eigenvalue weighted by Gasteiger charge is 1.98. The van der Waals surface area contributed by atoms with E-state index in [4.69, 9.17) is 5.73 Å². The number of anilines is 2. The summed E-state index contributed by atoms with van der Waals surface area (Å²) in [6.45, 7) is 2.62. The first-order chi connectivity index (χ1) is 5.24. The van der Waals surface area contributed by atoms with Crippen LogP contribution in [0.25, 0.3) is 0 Å². The third-order valence-corrected chi connectivity index (χ3v) is 1.36. The van der Waals surface area contributed by atoms with Crippen molar-refractivity contribution in [1.29, 1.82) is 0 Å². The lowest BCUT2D eigenvalue weighted by Crippen LogP contribution is -1.99. The molecule has 0 spiro atoms. The van der Waals surface area contributed by atoms with Gasteiger partial charge in [-0.2, -0.15) is 0 Å². The van der Waals surface area contributed by atoms with E-state index in [1.807, 2.05) is 6.92 Å². The molecule has 0 atom stereocenters. The molecular formula is C8H11FN2. The van der Waals surface area contributed by atoms with Crippen LogP contribution in [0, 0.1) is 5.82 Å². The van der Waals surface area contributed by atoms with Gasteiger partial charge in [-0.1, -0.05) is 0 Å². The number of benzene rings is 1. The predicted octanol–water partition coefficient (Wildman–Crippen LogP) is 1.84. The van der Waals surface area contributed by atoms with E-state index in [-0.39, 0.29) is 5.82 Å². The lowest BCUT2D eigenvalue weighted by Gasteiger charge is -2.04. The molecule has 0 heterocycles. The molecule has 0 saturated carbocycles. The molecule has 1 aromatic carbocycles. The number of nitrogens with one attached hydrogen (secondary N) is 1. The molecule has 3 N–H and O–H groups in total. The molecule has 11 heavy (non-hydrogen) atoms. The fourth-order valence-electron chi connectivity index (χ4n) is 0.865. The first kappa shape index (κ1) is 7.85. The van der Waals surface area contributed by atoms with E-state index in [0.717, 1.165) is 0 Å². The fourth-order valence-corrected chi connectivity index (χ4v) is 0.865. The van der Waals surface area contributed by atoms with E-state index in [1.165, 1.54) is 6.07 Å². The first-order valence-corrected chi connectivity index (χ1v) is 3.53. The highest BCUT2D eigenvalue weighted by atomic mass is 19.1. The summed E-state index contributed by atoms with van der Waals surface area (Å²) < 4.78 is 12.9. The minimum atomic E-state index is -0.299. The number of hydrogen-bond donors (Lipinski definition) is 2. The quantitative estimate of drug-likeness (QED) is 0.638. The third kappa shape index (κ3) is 1.83. The highest BCUT2D eigenvalue weighted by Crippen LogP contribution is 2.15. The average Bonchev–Trinajstić information content (AvgIpc) is 1.95. The number of halogens is 1. The maximum atomic E-state index is 12.9. The first-order valence-electron chi connectivity index (χ1n) is 3.53. The normalized spacial score (nSPS) is 9.64. The van der Waals surface area contributed by atoms with Crippen molar-refractivity contribution in [2.75, 3.05) is 17.6 Å². The van der Waals surface area contributed by atoms with Gasteiger partial charge in [0.05, 0.1) is 5.69 Å². The summed E-state index contributed by atoms with van der Waals surface area (Å²) in [4.78, 5) is 0. The Labute approximate surface area is 65.2 Å². The van der Waals surface area contributed by atoms with Crippen molar-refractivity contribution in [1.82, 2.24) is 0 Å². The standard InChI is InChI=1S/C8H11FN2/c1-2-11-8-4-3-6(10)5-7(8)9/h3-5,11H,2,10H2,1H3. The van der Waals surface area contributed by atoms with Crippen LogP contribution in [0.5, 0.6) is 0 Å². The molecule has 0 radical (unpaired) electrons. The van der Waals surface area contributed by atoms with Gasteiger partial charge in [0.2, 0.25) is 0 Å². The van der Waals surface area contributed by atoms with E-state index < -0.39 is 0 Å². The summed E-state index contributed by atoms with van der Waals surface area (Å²) in [7, 11) is 0. The van der Waals surface area contributed by atoms with Crippen molar-refractivity contribution in [3.8, 4) is 0 Å². The second kappa shape index (κ2) is 3.23. The Balaban J connectivity index is 2.90. The van der Waals surface area contributed by atoms with Crippen molar-refractivity contribution in [3.63, 3.8) is 0 Å². The Hall–Kier alpha value is -1.25. The Bertz CT molecular complexity index is 248. The van der Waals surface area contributed by atoms with Crippen molar-refractivity contribution >= 4 is 11.4 Å². The Kier molecular flexibility index (Phi) is 2.31. The molecule has 1 rings (SSSR count). The van der Waals surface area contributed by atoms with Gasteiger partial charge in [-0.25, -0.2) is 4.39 Å². The van der Waals surface area contributed by atoms with Gasteiger partial charge in [-0.3, -0.25) is 0 Å². The Morgan fingerprint density at radius 1 is 1.55 bits per heavy atom. The average molecular weight is 154 g/mol. The van der Waals surface area contributed by atoms with Crippen LogP contribution in [0.2, 0.25) is 0 Å². The predicted molar refractivity (Wildman–Crippen MR) is 45.0 cm³/mol. The second-order valence-electron chi connectivity index (χ2n) is 2.27. The van der Waals surface area contributed by atoms with Crippen molar-refractivity contribution in [2.45, 2.75) is 6.92 Å². The van der Waals surface area contributed by atoms with Crippen LogP contribution in [0.4, 0.5) is 15.8 Å². The van der Waals surface area contributed by atoms with Gasteiger partial charge >= 0.3 is 0 Å². The summed E-state index contributed by atoms with van der Waals surface area (Å²) in [5, 5.41) is 2.87. The number of nitrogen functional groups attached to an aromatic ring is 1. The minimum absolute atomic E-state index is 0.299. The van der Waals surface area contributed by atoms with Gasteiger partial charge < -0.3 is 11.1 Å². The zero-order valence-electron chi connectivity index (χ0n) is 6.39. The van der Waals surface area contributed by atoms with Crippen LogP contribution < -0.4 is 11.1 Å². The summed E-state index contributed by atoms with van der Waals surface area (Å²) in [6, 6.07) is 4.60. The molecule has 0 amide bonds. The van der Waals surface area contributed by atoms with Crippen LogP contribution in [0.15, 0.2) is 18.2 Å². The smallest absolute Gasteiger partial charge is 0.148 e. The van der Waals surface area contributed by atoms with E-state index in [1.54, 1.807) is 12.1 Å². The largest absolute Gasteiger partial charge is 0.399 e. The Morgan fingerprint density at radius 2 is 2.27 bits per heavy atom. The molecule has 0 aromatic heterocycles. The maximum Gasteiger partial charge on any atom is 0.148 e. The monoisotopic (exact) mass is 154 g/mol. The molecule has 1 aromatic rings. The van der Waals surface area contributed by atoms with Gasteiger partial charge in [0.1, 0.15) is 5.82 Å². The SMILES string of the molecule is CCNc1ccc(N)cc1F. The molecule has 60 valence electrons. The van der Waals surface area contributed by atoms with E-state index in [9.17, 15) is 4.39 Å². The van der Waals surface area contributed by atoms with E-state index in [0.29, 0.717) is 17.9 Å². The number of nitrogens with two attached hydrogens (primary N) is 1. The molecule has 0 fully saturated rings. The van der Waals surface area contributed by atoms with Gasteiger partial charge in [-0.15, -0.1) is 0 Å². The van der Waals surface area contributed by atoms with Crippen LogP contribution in [0.3, 0.4) is 0 Å². The molecular weight excluding hydrogens is 143 g/mol. The minimum Gasteiger partial charge on any atom is -0.399 e. The van der Waals surface area contributed by atoms with Crippen LogP contribution in [-0.2, 0) is 0 Å². The van der Waals surface area contributed by atoms with Crippen LogP contribution in [0.1, 0.15) is 6.92 Å². The summed E-state index contributed by atoms with van der Waals surface area (Å²) in [5.41, 5.74) is 6.31. The van der Waals surface area contributed by atoms with Gasteiger partial charge in [0.25, 0.3) is 0 Å². The van der Waals surface area contributed by atoms with Gasteiger partial charge in [-0.05, 0) is 25.1 Å². The van der Waals surface area contributed by atoms with Crippen LogP contribution >= 0.6 is 0 Å². The van der Waals surface area contributed by atoms with Crippen LogP contribution in [-0.4, -0.2) is 6.54 Å². The molecule has 3 heteroatoms. The number of hydrogen-bond acceptors (Lipinski definition) is 2. The molecule has 0 aliphatic carbocycles. The molecule has 0 saturated heterocycles. The van der Waals surface area contributed by atoms with E-state index in [2.05, 4.69) is 5.32 Å². The molecule has 0 aliphatic rings. The van der Waals surface area contributed by atoms with Gasteiger partial charge in [0.15, 0.2) is 0 Å². The summed E-state index contributed by atoms with van der Waals surface area (Å²) in [6.07, 6.45) is 0. The molecule has 0 aliphatic heterocycles. The lowest BCUT2D eigenvalue weighted by atomic mass is 10.2. The number of rotatable bonds is 2. The summed E-state index contributed by atoms with van der Waals surface area (Å²) >= 11 is 0. The van der Waals surface area contributed by atoms with Crippen molar-refractivity contribution in [3.05, 3.63) is 24.0 Å². The van der Waals surface area contributed by atoms with Crippen molar-refractivity contribution < 1.29 is 4.39 Å². The zero-order valence-corrected chi connectivity index (χ0v) is 6.39. The van der Waals surface area contributed by atoms with E-state index >= 15 is 0 Å². The molecule has 2 nitrogen and oxygen atoms in total. The maximum absolute atomic E-state index is 12.9. The second-order valence-corrected chi connectivity index (χ2v) is 2.27. The fraction of sp³-hybridized carbons (Fsp3) is 0.250. The third-order valence-electron chi connectivity index (χ3n) is 1.36. The molecule has 0 unspecified atom stereocenters.